The number of ether oxygens (including phenoxy) is 1. The summed E-state index contributed by atoms with van der Waals surface area (Å²) < 4.78 is 5.53. The molecule has 0 radical (unpaired) electrons. The molecule has 0 aliphatic carbocycles. The van der Waals surface area contributed by atoms with Gasteiger partial charge in [-0.1, -0.05) is 82.3 Å². The Hall–Kier alpha value is -2.35. The lowest BCUT2D eigenvalue weighted by molar-refractivity contribution is -0.144. The van der Waals surface area contributed by atoms with Crippen LogP contribution in [0.1, 0.15) is 63.0 Å². The first-order valence-corrected chi connectivity index (χ1v) is 9.86. The third kappa shape index (κ3) is 7.42. The average Bonchev–Trinajstić information content (AvgIpc) is 2.59. The Morgan fingerprint density at radius 2 is 1.33 bits per heavy atom. The fourth-order valence-electron chi connectivity index (χ4n) is 3.15. The van der Waals surface area contributed by atoms with E-state index in [4.69, 9.17) is 4.74 Å². The van der Waals surface area contributed by atoms with Crippen molar-refractivity contribution in [3.8, 4) is 0 Å². The Labute approximate surface area is 164 Å². The van der Waals surface area contributed by atoms with Crippen molar-refractivity contribution in [3.05, 3.63) is 76.9 Å². The SMILES string of the molecule is CC(=O)OC(/C=C/c1ccc(CC(C)C)cc1)c1ccc(CC(C)C)cc1. The smallest absolute Gasteiger partial charge is 0.303 e. The van der Waals surface area contributed by atoms with Crippen molar-refractivity contribution in [2.75, 3.05) is 0 Å². The number of hydrogen-bond acceptors (Lipinski definition) is 2. The lowest BCUT2D eigenvalue weighted by Crippen LogP contribution is -2.06. The fraction of sp³-hybridized carbons (Fsp3) is 0.400. The van der Waals surface area contributed by atoms with Crippen LogP contribution in [0.25, 0.3) is 6.08 Å². The first-order valence-electron chi connectivity index (χ1n) is 9.86. The molecule has 0 aromatic heterocycles. The van der Waals surface area contributed by atoms with Crippen LogP contribution in [0.15, 0.2) is 54.6 Å². The molecule has 27 heavy (non-hydrogen) atoms. The molecular formula is C25H32O2. The molecule has 0 bridgehead atoms. The summed E-state index contributed by atoms with van der Waals surface area (Å²) in [4.78, 5) is 11.5. The molecular weight excluding hydrogens is 332 g/mol. The van der Waals surface area contributed by atoms with E-state index in [1.807, 2.05) is 12.2 Å². The summed E-state index contributed by atoms with van der Waals surface area (Å²) in [5.74, 6) is 1.00. The molecule has 2 aromatic carbocycles. The lowest BCUT2D eigenvalue weighted by atomic mass is 9.99. The summed E-state index contributed by atoms with van der Waals surface area (Å²) in [6, 6.07) is 16.9. The maximum atomic E-state index is 11.5. The molecule has 0 N–H and O–H groups in total. The highest BCUT2D eigenvalue weighted by molar-refractivity contribution is 5.67. The van der Waals surface area contributed by atoms with Gasteiger partial charge in [-0.3, -0.25) is 4.79 Å². The third-order valence-corrected chi connectivity index (χ3v) is 4.33. The van der Waals surface area contributed by atoms with E-state index in [9.17, 15) is 4.79 Å². The van der Waals surface area contributed by atoms with Gasteiger partial charge in [-0.15, -0.1) is 0 Å². The maximum Gasteiger partial charge on any atom is 0.303 e. The van der Waals surface area contributed by atoms with Crippen molar-refractivity contribution in [1.82, 2.24) is 0 Å². The van der Waals surface area contributed by atoms with E-state index in [1.54, 1.807) is 0 Å². The highest BCUT2D eigenvalue weighted by Crippen LogP contribution is 2.22. The topological polar surface area (TPSA) is 26.3 Å². The van der Waals surface area contributed by atoms with Gasteiger partial charge in [-0.05, 0) is 53.0 Å². The Morgan fingerprint density at radius 3 is 1.78 bits per heavy atom. The molecule has 0 aliphatic heterocycles. The summed E-state index contributed by atoms with van der Waals surface area (Å²) in [6.45, 7) is 10.3. The zero-order valence-corrected chi connectivity index (χ0v) is 17.2. The van der Waals surface area contributed by atoms with Gasteiger partial charge in [-0.2, -0.15) is 0 Å². The fourth-order valence-corrected chi connectivity index (χ4v) is 3.15. The third-order valence-electron chi connectivity index (χ3n) is 4.33. The molecule has 2 nitrogen and oxygen atoms in total. The zero-order valence-electron chi connectivity index (χ0n) is 17.2. The van der Waals surface area contributed by atoms with E-state index in [-0.39, 0.29) is 12.1 Å². The van der Waals surface area contributed by atoms with Gasteiger partial charge in [0.2, 0.25) is 0 Å². The molecule has 0 saturated heterocycles. The quantitative estimate of drug-likeness (QED) is 0.506. The van der Waals surface area contributed by atoms with Gasteiger partial charge in [0, 0.05) is 6.92 Å². The van der Waals surface area contributed by atoms with E-state index in [0.29, 0.717) is 11.8 Å². The van der Waals surface area contributed by atoms with E-state index in [0.717, 1.165) is 24.0 Å². The number of carbonyl (C=O) groups excluding carboxylic acids is 1. The van der Waals surface area contributed by atoms with Gasteiger partial charge < -0.3 is 4.74 Å². The van der Waals surface area contributed by atoms with Crippen LogP contribution in [0.4, 0.5) is 0 Å². The van der Waals surface area contributed by atoms with Crippen molar-refractivity contribution in [3.63, 3.8) is 0 Å². The summed E-state index contributed by atoms with van der Waals surface area (Å²) >= 11 is 0. The second-order valence-electron chi connectivity index (χ2n) is 8.07. The molecule has 2 aromatic rings. The van der Waals surface area contributed by atoms with Gasteiger partial charge >= 0.3 is 5.97 Å². The molecule has 2 rings (SSSR count). The lowest BCUT2D eigenvalue weighted by Gasteiger charge is -2.15. The first kappa shape index (κ1) is 21.0. The Morgan fingerprint density at radius 1 is 0.852 bits per heavy atom. The minimum Gasteiger partial charge on any atom is -0.453 e. The molecule has 144 valence electrons. The van der Waals surface area contributed by atoms with Crippen LogP contribution in [-0.4, -0.2) is 5.97 Å². The minimum absolute atomic E-state index is 0.275. The maximum absolute atomic E-state index is 11.5. The Bertz CT molecular complexity index is 737. The number of rotatable bonds is 8. The normalized spacial score (nSPS) is 12.7. The zero-order chi connectivity index (χ0) is 19.8. The van der Waals surface area contributed by atoms with Crippen LogP contribution in [-0.2, 0) is 22.4 Å². The Kier molecular flexibility index (Phi) is 7.84. The highest BCUT2D eigenvalue weighted by atomic mass is 16.5. The number of hydrogen-bond donors (Lipinski definition) is 0. The molecule has 1 unspecified atom stereocenters. The van der Waals surface area contributed by atoms with Crippen molar-refractivity contribution >= 4 is 12.0 Å². The number of benzene rings is 2. The van der Waals surface area contributed by atoms with Gasteiger partial charge in [0.05, 0.1) is 0 Å². The number of esters is 1. The van der Waals surface area contributed by atoms with Crippen LogP contribution in [0.2, 0.25) is 0 Å². The molecule has 0 fully saturated rings. The van der Waals surface area contributed by atoms with E-state index < -0.39 is 0 Å². The second-order valence-corrected chi connectivity index (χ2v) is 8.07. The molecule has 0 saturated carbocycles. The van der Waals surface area contributed by atoms with Gasteiger partial charge in [-0.25, -0.2) is 0 Å². The van der Waals surface area contributed by atoms with Crippen LogP contribution in [0.3, 0.4) is 0 Å². The largest absolute Gasteiger partial charge is 0.453 e. The molecule has 0 spiro atoms. The monoisotopic (exact) mass is 364 g/mol. The Balaban J connectivity index is 2.13. The summed E-state index contributed by atoms with van der Waals surface area (Å²) in [7, 11) is 0. The molecule has 0 aliphatic rings. The predicted octanol–water partition coefficient (Wildman–Crippen LogP) is 6.40. The highest BCUT2D eigenvalue weighted by Gasteiger charge is 2.11. The van der Waals surface area contributed by atoms with Crippen LogP contribution in [0, 0.1) is 11.8 Å². The van der Waals surface area contributed by atoms with Gasteiger partial charge in [0.15, 0.2) is 0 Å². The van der Waals surface area contributed by atoms with Crippen LogP contribution < -0.4 is 0 Å². The van der Waals surface area contributed by atoms with E-state index in [2.05, 4.69) is 76.2 Å². The van der Waals surface area contributed by atoms with E-state index >= 15 is 0 Å². The molecule has 0 heterocycles. The van der Waals surface area contributed by atoms with Crippen molar-refractivity contribution < 1.29 is 9.53 Å². The summed E-state index contributed by atoms with van der Waals surface area (Å²) in [5, 5.41) is 0. The van der Waals surface area contributed by atoms with Crippen LogP contribution >= 0.6 is 0 Å². The molecule has 2 heteroatoms. The van der Waals surface area contributed by atoms with Crippen LogP contribution in [0.5, 0.6) is 0 Å². The molecule has 1 atom stereocenters. The van der Waals surface area contributed by atoms with Crippen molar-refractivity contribution in [2.45, 2.75) is 53.6 Å². The van der Waals surface area contributed by atoms with Gasteiger partial charge in [0.1, 0.15) is 6.10 Å². The summed E-state index contributed by atoms with van der Waals surface area (Å²) in [6.07, 6.45) is 5.75. The predicted molar refractivity (Wildman–Crippen MR) is 114 cm³/mol. The van der Waals surface area contributed by atoms with Gasteiger partial charge in [0.25, 0.3) is 0 Å². The first-order chi connectivity index (χ1) is 12.8. The average molecular weight is 365 g/mol. The second kappa shape index (κ2) is 10.1. The number of carbonyl (C=O) groups is 1. The molecule has 0 amide bonds. The summed E-state index contributed by atoms with van der Waals surface area (Å²) in [5.41, 5.74) is 4.75. The van der Waals surface area contributed by atoms with Crippen molar-refractivity contribution in [1.29, 1.82) is 0 Å². The van der Waals surface area contributed by atoms with Crippen molar-refractivity contribution in [2.24, 2.45) is 11.8 Å². The van der Waals surface area contributed by atoms with E-state index in [1.165, 1.54) is 18.1 Å². The standard InChI is InChI=1S/C25H32O2/c1-18(2)16-22-8-6-21(7-9-22)12-15-25(27-20(5)26)24-13-10-23(11-14-24)17-19(3)4/h6-15,18-19,25H,16-17H2,1-5H3/b15-12+. The minimum atomic E-state index is -0.369.